The predicted octanol–water partition coefficient (Wildman–Crippen LogP) is 0.480. The summed E-state index contributed by atoms with van der Waals surface area (Å²) in [4.78, 5) is 16.4. The van der Waals surface area contributed by atoms with E-state index >= 15 is 0 Å². The molecule has 0 N–H and O–H groups in total. The van der Waals surface area contributed by atoms with Gasteiger partial charge in [-0.05, 0) is 24.8 Å². The van der Waals surface area contributed by atoms with Gasteiger partial charge < -0.3 is 4.48 Å². The average Bonchev–Trinajstić information content (AvgIpc) is 2.23. The van der Waals surface area contributed by atoms with Crippen molar-refractivity contribution in [2.75, 3.05) is 0 Å². The van der Waals surface area contributed by atoms with Gasteiger partial charge in [-0.1, -0.05) is 20.8 Å². The molecule has 0 aromatic carbocycles. The minimum atomic E-state index is -0.146. The summed E-state index contributed by atoms with van der Waals surface area (Å²) in [6, 6.07) is 1.86. The van der Waals surface area contributed by atoms with E-state index in [1.165, 1.54) is 4.48 Å². The SMILES string of the molecule is Bn1c(C)nc2cc(CC(C)(C)C)nnc2c1=O. The molecule has 0 fully saturated rings. The summed E-state index contributed by atoms with van der Waals surface area (Å²) < 4.78 is 1.49. The maximum absolute atomic E-state index is 12.0. The molecule has 2 aromatic heterocycles. The lowest BCUT2D eigenvalue weighted by atomic mass is 9.90. The van der Waals surface area contributed by atoms with Crippen LogP contribution in [-0.4, -0.2) is 27.6 Å². The van der Waals surface area contributed by atoms with E-state index in [1.54, 1.807) is 7.98 Å². The molecule has 0 saturated heterocycles. The summed E-state index contributed by atoms with van der Waals surface area (Å²) in [7, 11) is 1.69. The number of fused-ring (bicyclic) bond motifs is 1. The van der Waals surface area contributed by atoms with Crippen molar-refractivity contribution in [3.8, 4) is 0 Å². The molecular weight excluding hydrogens is 227 g/mol. The molecule has 0 bridgehead atoms. The highest BCUT2D eigenvalue weighted by Crippen LogP contribution is 2.19. The Bertz CT molecular complexity index is 657. The van der Waals surface area contributed by atoms with E-state index < -0.39 is 0 Å². The molecule has 0 aliphatic rings. The molecule has 0 unspecified atom stereocenters. The Kier molecular flexibility index (Phi) is 2.96. The highest BCUT2D eigenvalue weighted by atomic mass is 16.1. The minimum Gasteiger partial charge on any atom is -0.348 e. The molecule has 0 aliphatic carbocycles. The van der Waals surface area contributed by atoms with E-state index in [9.17, 15) is 4.79 Å². The standard InChI is InChI=1S/C12H17BN4O/c1-7-14-9-5-8(6-12(2,3)4)15-16-10(9)11(18)17(7)13/h5H,6,13H2,1-4H3. The van der Waals surface area contributed by atoms with Crippen LogP contribution in [0.1, 0.15) is 32.3 Å². The number of hydrogen-bond donors (Lipinski definition) is 0. The van der Waals surface area contributed by atoms with Crippen LogP contribution in [0.2, 0.25) is 0 Å². The van der Waals surface area contributed by atoms with Crippen molar-refractivity contribution in [1.82, 2.24) is 19.7 Å². The van der Waals surface area contributed by atoms with Gasteiger partial charge >= 0.3 is 0 Å². The predicted molar refractivity (Wildman–Crippen MR) is 73.4 cm³/mol. The lowest BCUT2D eigenvalue weighted by Gasteiger charge is -2.16. The molecule has 6 heteroatoms. The number of hydrogen-bond acceptors (Lipinski definition) is 4. The Morgan fingerprint density at radius 1 is 1.33 bits per heavy atom. The van der Waals surface area contributed by atoms with Gasteiger partial charge in [0.25, 0.3) is 5.56 Å². The van der Waals surface area contributed by atoms with Gasteiger partial charge in [0.1, 0.15) is 5.52 Å². The second kappa shape index (κ2) is 4.19. The fraction of sp³-hybridized carbons (Fsp3) is 0.500. The number of rotatable bonds is 1. The molecule has 0 amide bonds. The van der Waals surface area contributed by atoms with E-state index in [1.807, 2.05) is 13.0 Å². The highest BCUT2D eigenvalue weighted by molar-refractivity contribution is 6.07. The summed E-state index contributed by atoms with van der Waals surface area (Å²) >= 11 is 0. The van der Waals surface area contributed by atoms with Crippen LogP contribution < -0.4 is 5.56 Å². The van der Waals surface area contributed by atoms with Gasteiger partial charge in [0.05, 0.1) is 11.5 Å². The van der Waals surface area contributed by atoms with Gasteiger partial charge in [-0.15, -0.1) is 5.10 Å². The van der Waals surface area contributed by atoms with Gasteiger partial charge in [-0.25, -0.2) is 4.98 Å². The second-order valence-corrected chi connectivity index (χ2v) is 5.83. The molecule has 5 nitrogen and oxygen atoms in total. The van der Waals surface area contributed by atoms with Gasteiger partial charge in [-0.2, -0.15) is 5.10 Å². The zero-order valence-electron chi connectivity index (χ0n) is 11.5. The maximum atomic E-state index is 12.0. The van der Waals surface area contributed by atoms with Crippen LogP contribution >= 0.6 is 0 Å². The monoisotopic (exact) mass is 244 g/mol. The van der Waals surface area contributed by atoms with Crippen LogP contribution in [0.5, 0.6) is 0 Å². The van der Waals surface area contributed by atoms with E-state index in [-0.39, 0.29) is 11.0 Å². The molecule has 2 aromatic rings. The second-order valence-electron chi connectivity index (χ2n) is 5.83. The van der Waals surface area contributed by atoms with Crippen LogP contribution in [0.25, 0.3) is 11.0 Å². The third-order valence-electron chi connectivity index (χ3n) is 2.81. The van der Waals surface area contributed by atoms with Crippen LogP contribution in [0.4, 0.5) is 0 Å². The first-order valence-corrected chi connectivity index (χ1v) is 5.98. The molecule has 18 heavy (non-hydrogen) atoms. The number of aromatic nitrogens is 4. The number of aryl methyl sites for hydroxylation is 1. The summed E-state index contributed by atoms with van der Waals surface area (Å²) in [6.45, 7) is 8.23. The van der Waals surface area contributed by atoms with E-state index in [4.69, 9.17) is 0 Å². The van der Waals surface area contributed by atoms with Gasteiger partial charge in [-0.3, -0.25) is 4.79 Å². The Balaban J connectivity index is 2.60. The van der Waals surface area contributed by atoms with Crippen LogP contribution in [0.15, 0.2) is 10.9 Å². The summed E-state index contributed by atoms with van der Waals surface area (Å²) in [5.74, 6) is 0.683. The Labute approximate surface area is 107 Å². The smallest absolute Gasteiger partial charge is 0.269 e. The Morgan fingerprint density at radius 3 is 2.61 bits per heavy atom. The van der Waals surface area contributed by atoms with Crippen LogP contribution in [0, 0.1) is 12.3 Å². The first-order valence-electron chi connectivity index (χ1n) is 5.98. The largest absolute Gasteiger partial charge is 0.348 e. The third kappa shape index (κ3) is 2.42. The maximum Gasteiger partial charge on any atom is 0.269 e. The van der Waals surface area contributed by atoms with Gasteiger partial charge in [0.2, 0.25) is 7.98 Å². The van der Waals surface area contributed by atoms with Crippen molar-refractivity contribution in [3.63, 3.8) is 0 Å². The molecule has 2 heterocycles. The molecule has 0 atom stereocenters. The van der Waals surface area contributed by atoms with Gasteiger partial charge in [0.15, 0.2) is 5.52 Å². The summed E-state index contributed by atoms with van der Waals surface area (Å²) in [6.07, 6.45) is 0.811. The normalized spacial score (nSPS) is 12.0. The van der Waals surface area contributed by atoms with Crippen molar-refractivity contribution < 1.29 is 0 Å². The first-order chi connectivity index (χ1) is 8.28. The van der Waals surface area contributed by atoms with E-state index in [0.29, 0.717) is 16.9 Å². The Hall–Kier alpha value is -1.72. The van der Waals surface area contributed by atoms with Crippen molar-refractivity contribution in [1.29, 1.82) is 0 Å². The van der Waals surface area contributed by atoms with Crippen molar-refractivity contribution >= 4 is 19.0 Å². The quantitative estimate of drug-likeness (QED) is 0.684. The molecule has 0 aliphatic heterocycles. The molecule has 0 saturated carbocycles. The lowest BCUT2D eigenvalue weighted by molar-refractivity contribution is 0.405. The highest BCUT2D eigenvalue weighted by Gasteiger charge is 2.14. The fourth-order valence-corrected chi connectivity index (χ4v) is 1.84. The minimum absolute atomic E-state index is 0.136. The summed E-state index contributed by atoms with van der Waals surface area (Å²) in [5, 5.41) is 8.14. The van der Waals surface area contributed by atoms with Crippen molar-refractivity contribution in [2.45, 2.75) is 34.1 Å². The fourth-order valence-electron chi connectivity index (χ4n) is 1.84. The van der Waals surface area contributed by atoms with Crippen molar-refractivity contribution in [3.05, 3.63) is 27.9 Å². The zero-order chi connectivity index (χ0) is 13.5. The Morgan fingerprint density at radius 2 is 2.00 bits per heavy atom. The third-order valence-corrected chi connectivity index (χ3v) is 2.81. The zero-order valence-corrected chi connectivity index (χ0v) is 11.5. The lowest BCUT2D eigenvalue weighted by Crippen LogP contribution is -2.23. The molecule has 94 valence electrons. The van der Waals surface area contributed by atoms with Crippen LogP contribution in [0.3, 0.4) is 0 Å². The van der Waals surface area contributed by atoms with Crippen molar-refractivity contribution in [2.24, 2.45) is 5.41 Å². The molecule has 2 rings (SSSR count). The van der Waals surface area contributed by atoms with Gasteiger partial charge in [0, 0.05) is 0 Å². The molecule has 0 radical (unpaired) electrons. The van der Waals surface area contributed by atoms with E-state index in [2.05, 4.69) is 36.0 Å². The first kappa shape index (κ1) is 12.7. The average molecular weight is 244 g/mol. The van der Waals surface area contributed by atoms with E-state index in [0.717, 1.165) is 12.1 Å². The molecule has 0 spiro atoms. The number of nitrogens with zero attached hydrogens (tertiary/aromatic N) is 4. The summed E-state index contributed by atoms with van der Waals surface area (Å²) in [5.41, 5.74) is 1.82. The topological polar surface area (TPSA) is 60.7 Å². The van der Waals surface area contributed by atoms with Crippen LogP contribution in [-0.2, 0) is 6.42 Å². The molecular formula is C12H17BN4O.